The lowest BCUT2D eigenvalue weighted by atomic mass is 10.6. The molecule has 2 N–H and O–H groups in total. The molecule has 0 heterocycles. The lowest BCUT2D eigenvalue weighted by Gasteiger charge is -2.08. The van der Waals surface area contributed by atoms with Gasteiger partial charge in [0, 0.05) is 20.6 Å². The highest BCUT2D eigenvalue weighted by Crippen LogP contribution is 2.41. The molecule has 0 saturated carbocycles. The van der Waals surface area contributed by atoms with Gasteiger partial charge in [-0.05, 0) is 0 Å². The van der Waals surface area contributed by atoms with E-state index in [1.807, 2.05) is 0 Å². The van der Waals surface area contributed by atoms with Gasteiger partial charge in [0.25, 0.3) is 0 Å². The lowest BCUT2D eigenvalue weighted by Crippen LogP contribution is -2.24. The van der Waals surface area contributed by atoms with Gasteiger partial charge in [0.15, 0.2) is 0 Å². The first-order chi connectivity index (χ1) is 5.48. The molecule has 0 radical (unpaired) electrons. The molecule has 12 heavy (non-hydrogen) atoms. The Kier molecular flexibility index (Phi) is 5.08. The average Bonchev–Trinajstić information content (AvgIpc) is 1.98. The van der Waals surface area contributed by atoms with Crippen LogP contribution in [0, 0.1) is 0 Å². The Bertz CT molecular complexity index is 194. The fourth-order valence-corrected chi connectivity index (χ4v) is 0.868. The molecule has 0 bridgehead atoms. The van der Waals surface area contributed by atoms with Crippen molar-refractivity contribution >= 4 is 13.7 Å². The van der Waals surface area contributed by atoms with Gasteiger partial charge in [-0.3, -0.25) is 13.8 Å². The van der Waals surface area contributed by atoms with Crippen LogP contribution < -0.4 is 5.32 Å². The highest BCUT2D eigenvalue weighted by atomic mass is 31.2. The van der Waals surface area contributed by atoms with E-state index in [1.165, 1.54) is 6.92 Å². The van der Waals surface area contributed by atoms with Gasteiger partial charge < -0.3 is 10.2 Å². The number of rotatable bonds is 5. The van der Waals surface area contributed by atoms with E-state index in [0.29, 0.717) is 0 Å². The van der Waals surface area contributed by atoms with Crippen molar-refractivity contribution < 1.29 is 23.3 Å². The van der Waals surface area contributed by atoms with Gasteiger partial charge in [-0.1, -0.05) is 0 Å². The Morgan fingerprint density at radius 2 is 2.25 bits per heavy atom. The molecule has 0 aliphatic carbocycles. The first-order valence-corrected chi connectivity index (χ1v) is 4.75. The number of carbonyl (C=O) groups is 1. The normalized spacial score (nSPS) is 15.2. The maximum absolute atomic E-state index is 10.6. The van der Waals surface area contributed by atoms with Crippen molar-refractivity contribution in [2.75, 3.05) is 20.3 Å². The van der Waals surface area contributed by atoms with Crippen LogP contribution in [0.3, 0.4) is 0 Å². The number of nitrogens with one attached hydrogen (secondary N) is 1. The van der Waals surface area contributed by atoms with Crippen LogP contribution >= 0.6 is 7.82 Å². The average molecular weight is 197 g/mol. The van der Waals surface area contributed by atoms with Crippen LogP contribution in [0.1, 0.15) is 6.92 Å². The number of amides is 1. The maximum Gasteiger partial charge on any atom is 0.471 e. The second-order valence-corrected chi connectivity index (χ2v) is 3.53. The van der Waals surface area contributed by atoms with Gasteiger partial charge in [0.2, 0.25) is 5.91 Å². The molecule has 1 atom stereocenters. The summed E-state index contributed by atoms with van der Waals surface area (Å²) in [6.45, 7) is 1.47. The van der Waals surface area contributed by atoms with Crippen LogP contribution in [0.4, 0.5) is 0 Å². The van der Waals surface area contributed by atoms with E-state index in [-0.39, 0.29) is 19.1 Å². The first-order valence-electron chi connectivity index (χ1n) is 3.25. The van der Waals surface area contributed by atoms with Gasteiger partial charge >= 0.3 is 7.82 Å². The number of phosphoric acid groups is 1. The Labute approximate surface area is 70.5 Å². The number of phosphoric ester groups is 1. The van der Waals surface area contributed by atoms with Gasteiger partial charge in [0.1, 0.15) is 0 Å². The number of carbonyl (C=O) groups excluding carboxylic acids is 1. The monoisotopic (exact) mass is 197 g/mol. The van der Waals surface area contributed by atoms with E-state index in [1.54, 1.807) is 0 Å². The molecule has 0 aliphatic rings. The van der Waals surface area contributed by atoms with Crippen molar-refractivity contribution in [3.8, 4) is 0 Å². The fourth-order valence-electron chi connectivity index (χ4n) is 0.441. The van der Waals surface area contributed by atoms with E-state index >= 15 is 0 Å². The molecular weight excluding hydrogens is 185 g/mol. The quantitative estimate of drug-likeness (QED) is 0.474. The van der Waals surface area contributed by atoms with E-state index in [0.717, 1.165) is 7.11 Å². The Hall–Kier alpha value is -0.420. The third-order valence-corrected chi connectivity index (χ3v) is 1.93. The van der Waals surface area contributed by atoms with Crippen molar-refractivity contribution in [1.82, 2.24) is 5.32 Å². The summed E-state index contributed by atoms with van der Waals surface area (Å²) in [7, 11) is -2.82. The summed E-state index contributed by atoms with van der Waals surface area (Å²) in [5.41, 5.74) is 0. The molecule has 0 aromatic rings. The van der Waals surface area contributed by atoms with E-state index in [9.17, 15) is 9.36 Å². The highest BCUT2D eigenvalue weighted by Gasteiger charge is 2.17. The molecule has 1 amide bonds. The summed E-state index contributed by atoms with van der Waals surface area (Å²) in [5, 5.41) is 2.39. The zero-order chi connectivity index (χ0) is 9.61. The van der Waals surface area contributed by atoms with Crippen molar-refractivity contribution in [2.45, 2.75) is 6.92 Å². The zero-order valence-electron chi connectivity index (χ0n) is 6.94. The van der Waals surface area contributed by atoms with Crippen molar-refractivity contribution in [3.05, 3.63) is 0 Å². The van der Waals surface area contributed by atoms with E-state index in [2.05, 4.69) is 14.4 Å². The van der Waals surface area contributed by atoms with Gasteiger partial charge in [-0.2, -0.15) is 0 Å². The number of hydrogen-bond donors (Lipinski definition) is 2. The molecule has 0 fully saturated rings. The largest absolute Gasteiger partial charge is 0.471 e. The predicted molar refractivity (Wildman–Crippen MR) is 41.5 cm³/mol. The summed E-state index contributed by atoms with van der Waals surface area (Å²) in [6.07, 6.45) is 0. The molecule has 0 saturated heterocycles. The second kappa shape index (κ2) is 5.27. The third kappa shape index (κ3) is 6.30. The molecule has 0 aromatic heterocycles. The molecule has 6 nitrogen and oxygen atoms in total. The topological polar surface area (TPSA) is 84.9 Å². The molecular formula is C5H12NO5P. The van der Waals surface area contributed by atoms with Gasteiger partial charge in [-0.25, -0.2) is 4.57 Å². The minimum atomic E-state index is -3.88. The maximum atomic E-state index is 10.6. The van der Waals surface area contributed by atoms with E-state index in [4.69, 9.17) is 4.89 Å². The molecule has 0 spiro atoms. The summed E-state index contributed by atoms with van der Waals surface area (Å²) in [5.74, 6) is -0.219. The third-order valence-electron chi connectivity index (χ3n) is 0.961. The van der Waals surface area contributed by atoms with Crippen LogP contribution in [-0.2, 0) is 18.4 Å². The van der Waals surface area contributed by atoms with E-state index < -0.39 is 7.82 Å². The SMILES string of the molecule is COP(=O)(O)OCCNC(C)=O. The summed E-state index contributed by atoms with van der Waals surface area (Å²) in [6, 6.07) is 0. The van der Waals surface area contributed by atoms with Crippen LogP contribution in [0.25, 0.3) is 0 Å². The molecule has 0 aliphatic heterocycles. The highest BCUT2D eigenvalue weighted by molar-refractivity contribution is 7.47. The smallest absolute Gasteiger partial charge is 0.354 e. The molecule has 1 unspecified atom stereocenters. The Balaban J connectivity index is 3.44. The Morgan fingerprint density at radius 3 is 2.67 bits per heavy atom. The van der Waals surface area contributed by atoms with Crippen LogP contribution in [0.2, 0.25) is 0 Å². The minimum Gasteiger partial charge on any atom is -0.354 e. The van der Waals surface area contributed by atoms with Crippen molar-refractivity contribution in [2.24, 2.45) is 0 Å². The predicted octanol–water partition coefficient (Wildman–Crippen LogP) is -0.114. The standard InChI is InChI=1S/C5H12NO5P/c1-5(7)6-3-4-11-12(8,9)10-2/h3-4H2,1-2H3,(H,6,7)(H,8,9). The molecule has 0 aromatic carbocycles. The summed E-state index contributed by atoms with van der Waals surface area (Å²) < 4.78 is 19.1. The van der Waals surface area contributed by atoms with Crippen LogP contribution in [-0.4, -0.2) is 31.1 Å². The van der Waals surface area contributed by atoms with Crippen LogP contribution in [0.5, 0.6) is 0 Å². The molecule has 7 heteroatoms. The zero-order valence-corrected chi connectivity index (χ0v) is 7.84. The second-order valence-electron chi connectivity index (χ2n) is 1.97. The Morgan fingerprint density at radius 1 is 1.67 bits per heavy atom. The van der Waals surface area contributed by atoms with Crippen molar-refractivity contribution in [1.29, 1.82) is 0 Å². The lowest BCUT2D eigenvalue weighted by molar-refractivity contribution is -0.119. The minimum absolute atomic E-state index is 0.0544. The fraction of sp³-hybridized carbons (Fsp3) is 0.800. The molecule has 72 valence electrons. The van der Waals surface area contributed by atoms with Gasteiger partial charge in [0.05, 0.1) is 6.61 Å². The molecule has 0 rings (SSSR count). The van der Waals surface area contributed by atoms with Crippen molar-refractivity contribution in [3.63, 3.8) is 0 Å². The summed E-state index contributed by atoms with van der Waals surface area (Å²) in [4.78, 5) is 19.0. The van der Waals surface area contributed by atoms with Gasteiger partial charge in [-0.15, -0.1) is 0 Å². The summed E-state index contributed by atoms with van der Waals surface area (Å²) >= 11 is 0. The number of hydrogen-bond acceptors (Lipinski definition) is 4. The first kappa shape index (κ1) is 11.6. The van der Waals surface area contributed by atoms with Crippen LogP contribution in [0.15, 0.2) is 0 Å².